The fraction of sp³-hybridized carbons (Fsp3) is 0.692. The Hall–Kier alpha value is -1.54. The summed E-state index contributed by atoms with van der Waals surface area (Å²) in [7, 11) is 0. The van der Waals surface area contributed by atoms with Crippen molar-refractivity contribution in [1.29, 1.82) is 0 Å². The summed E-state index contributed by atoms with van der Waals surface area (Å²) in [4.78, 5) is 25.1. The highest BCUT2D eigenvalue weighted by Crippen LogP contribution is 2.34. The van der Waals surface area contributed by atoms with Gasteiger partial charge in [-0.1, -0.05) is 13.3 Å². The summed E-state index contributed by atoms with van der Waals surface area (Å²) in [6, 6.07) is -0.802. The largest absolute Gasteiger partial charge is 0.479 e. The van der Waals surface area contributed by atoms with Crippen molar-refractivity contribution in [3.63, 3.8) is 0 Å². The average molecular weight is 252 g/mol. The van der Waals surface area contributed by atoms with Gasteiger partial charge in [-0.3, -0.25) is 4.79 Å². The Bertz CT molecular complexity index is 375. The molecule has 5 nitrogen and oxygen atoms in total. The van der Waals surface area contributed by atoms with Crippen LogP contribution in [0.2, 0.25) is 0 Å². The van der Waals surface area contributed by atoms with Gasteiger partial charge in [-0.05, 0) is 19.3 Å². The van der Waals surface area contributed by atoms with E-state index in [1.807, 2.05) is 6.92 Å². The molecule has 3 N–H and O–H groups in total. The highest BCUT2D eigenvalue weighted by Gasteiger charge is 2.49. The second-order valence-corrected chi connectivity index (χ2v) is 4.69. The molecule has 1 fully saturated rings. The SMILES string of the molecule is C#CCC(N)C(=O)N1CCCC1(CCC)C(=O)O. The van der Waals surface area contributed by atoms with Crippen molar-refractivity contribution in [2.24, 2.45) is 5.73 Å². The molecule has 0 bridgehead atoms. The van der Waals surface area contributed by atoms with Gasteiger partial charge in [-0.15, -0.1) is 12.3 Å². The number of amides is 1. The van der Waals surface area contributed by atoms with Crippen molar-refractivity contribution in [2.75, 3.05) is 6.54 Å². The third-order valence-corrected chi connectivity index (χ3v) is 3.47. The lowest BCUT2D eigenvalue weighted by Gasteiger charge is -2.35. The van der Waals surface area contributed by atoms with Crippen LogP contribution in [0.5, 0.6) is 0 Å². The standard InChI is InChI=1S/C13H20N2O3/c1-3-6-10(14)11(16)15-9-5-8-13(15,7-4-2)12(17)18/h1,10H,4-9,14H2,2H3,(H,17,18). The van der Waals surface area contributed by atoms with Crippen LogP contribution in [0.4, 0.5) is 0 Å². The first-order valence-electron chi connectivity index (χ1n) is 6.23. The number of carbonyl (C=O) groups is 2. The molecular formula is C13H20N2O3. The summed E-state index contributed by atoms with van der Waals surface area (Å²) in [6.07, 6.45) is 7.62. The van der Waals surface area contributed by atoms with Crippen molar-refractivity contribution in [3.8, 4) is 12.3 Å². The first kappa shape index (κ1) is 14.5. The zero-order chi connectivity index (χ0) is 13.8. The minimum atomic E-state index is -1.09. The molecule has 5 heteroatoms. The number of likely N-dealkylation sites (tertiary alicyclic amines) is 1. The van der Waals surface area contributed by atoms with Gasteiger partial charge in [0.25, 0.3) is 0 Å². The Morgan fingerprint density at radius 2 is 2.28 bits per heavy atom. The molecule has 100 valence electrons. The number of hydrogen-bond acceptors (Lipinski definition) is 3. The molecule has 1 saturated heterocycles. The summed E-state index contributed by atoms with van der Waals surface area (Å²) in [5.41, 5.74) is 4.61. The van der Waals surface area contributed by atoms with Gasteiger partial charge in [-0.2, -0.15) is 0 Å². The van der Waals surface area contributed by atoms with Crippen LogP contribution in [0.15, 0.2) is 0 Å². The minimum absolute atomic E-state index is 0.136. The second kappa shape index (κ2) is 5.87. The van der Waals surface area contributed by atoms with E-state index in [-0.39, 0.29) is 12.3 Å². The zero-order valence-electron chi connectivity index (χ0n) is 10.7. The normalized spacial score (nSPS) is 24.6. The third kappa shape index (κ3) is 2.49. The van der Waals surface area contributed by atoms with E-state index in [0.29, 0.717) is 32.2 Å². The summed E-state index contributed by atoms with van der Waals surface area (Å²) < 4.78 is 0. The van der Waals surface area contributed by atoms with Gasteiger partial charge in [-0.25, -0.2) is 4.79 Å². The lowest BCUT2D eigenvalue weighted by Crippen LogP contribution is -2.57. The van der Waals surface area contributed by atoms with Crippen LogP contribution in [-0.4, -0.2) is 40.0 Å². The maximum Gasteiger partial charge on any atom is 0.329 e. The number of aliphatic carboxylic acids is 1. The van der Waals surface area contributed by atoms with Gasteiger partial charge < -0.3 is 15.7 Å². The topological polar surface area (TPSA) is 83.6 Å². The molecule has 0 radical (unpaired) electrons. The quantitative estimate of drug-likeness (QED) is 0.701. The summed E-state index contributed by atoms with van der Waals surface area (Å²) in [6.45, 7) is 2.36. The van der Waals surface area contributed by atoms with Gasteiger partial charge in [0.15, 0.2) is 0 Å². The van der Waals surface area contributed by atoms with Crippen LogP contribution < -0.4 is 5.73 Å². The number of carboxylic acid groups (broad SMARTS) is 1. The number of nitrogens with zero attached hydrogens (tertiary/aromatic N) is 1. The lowest BCUT2D eigenvalue weighted by atomic mass is 9.90. The van der Waals surface area contributed by atoms with Crippen molar-refractivity contribution >= 4 is 11.9 Å². The van der Waals surface area contributed by atoms with E-state index in [0.717, 1.165) is 0 Å². The number of rotatable bonds is 5. The Morgan fingerprint density at radius 3 is 2.78 bits per heavy atom. The van der Waals surface area contributed by atoms with Gasteiger partial charge in [0.05, 0.1) is 6.04 Å². The summed E-state index contributed by atoms with van der Waals surface area (Å²) in [5, 5.41) is 9.45. The number of terminal acetylenes is 1. The van der Waals surface area contributed by atoms with E-state index in [4.69, 9.17) is 12.2 Å². The summed E-state index contributed by atoms with van der Waals surface area (Å²) in [5.74, 6) is 1.05. The Morgan fingerprint density at radius 1 is 1.61 bits per heavy atom. The molecule has 2 atom stereocenters. The highest BCUT2D eigenvalue weighted by molar-refractivity contribution is 5.90. The van der Waals surface area contributed by atoms with E-state index in [2.05, 4.69) is 5.92 Å². The number of hydrogen-bond donors (Lipinski definition) is 2. The van der Waals surface area contributed by atoms with Crippen LogP contribution in [0, 0.1) is 12.3 Å². The fourth-order valence-electron chi connectivity index (χ4n) is 2.62. The fourth-order valence-corrected chi connectivity index (χ4v) is 2.62. The highest BCUT2D eigenvalue weighted by atomic mass is 16.4. The first-order chi connectivity index (χ1) is 8.49. The van der Waals surface area contributed by atoms with Crippen molar-refractivity contribution in [3.05, 3.63) is 0 Å². The molecular weight excluding hydrogens is 232 g/mol. The molecule has 18 heavy (non-hydrogen) atoms. The molecule has 0 aromatic heterocycles. The molecule has 0 saturated carbocycles. The smallest absolute Gasteiger partial charge is 0.329 e. The van der Waals surface area contributed by atoms with E-state index in [1.165, 1.54) is 4.90 Å². The average Bonchev–Trinajstić information content (AvgIpc) is 2.74. The van der Waals surface area contributed by atoms with Gasteiger partial charge in [0, 0.05) is 13.0 Å². The van der Waals surface area contributed by atoms with Gasteiger partial charge >= 0.3 is 5.97 Å². The molecule has 1 rings (SSSR count). The van der Waals surface area contributed by atoms with Crippen LogP contribution >= 0.6 is 0 Å². The summed E-state index contributed by atoms with van der Waals surface area (Å²) >= 11 is 0. The predicted molar refractivity (Wildman–Crippen MR) is 67.6 cm³/mol. The Labute approximate surface area is 107 Å². The van der Waals surface area contributed by atoms with Crippen LogP contribution in [0.25, 0.3) is 0 Å². The predicted octanol–water partition coefficient (Wildman–Crippen LogP) is 0.583. The maximum atomic E-state index is 12.2. The maximum absolute atomic E-state index is 12.2. The van der Waals surface area contributed by atoms with Crippen LogP contribution in [0.1, 0.15) is 39.0 Å². The van der Waals surface area contributed by atoms with Gasteiger partial charge in [0.2, 0.25) is 5.91 Å². The zero-order valence-corrected chi connectivity index (χ0v) is 10.7. The molecule has 1 aliphatic rings. The lowest BCUT2D eigenvalue weighted by molar-refractivity contribution is -0.157. The molecule has 1 heterocycles. The Kier molecular flexibility index (Phi) is 4.74. The van der Waals surface area contributed by atoms with E-state index in [9.17, 15) is 14.7 Å². The van der Waals surface area contributed by atoms with E-state index >= 15 is 0 Å². The van der Waals surface area contributed by atoms with Crippen molar-refractivity contribution in [1.82, 2.24) is 4.90 Å². The molecule has 1 aliphatic heterocycles. The van der Waals surface area contributed by atoms with Crippen molar-refractivity contribution in [2.45, 2.75) is 50.6 Å². The molecule has 2 unspecified atom stereocenters. The molecule has 0 aromatic rings. The molecule has 0 aliphatic carbocycles. The van der Waals surface area contributed by atoms with Crippen LogP contribution in [-0.2, 0) is 9.59 Å². The number of carbonyl (C=O) groups excluding carboxylic acids is 1. The Balaban J connectivity index is 2.95. The monoisotopic (exact) mass is 252 g/mol. The first-order valence-corrected chi connectivity index (χ1v) is 6.23. The van der Waals surface area contributed by atoms with E-state index in [1.54, 1.807) is 0 Å². The number of carboxylic acids is 1. The van der Waals surface area contributed by atoms with E-state index < -0.39 is 17.6 Å². The van der Waals surface area contributed by atoms with Gasteiger partial charge in [0.1, 0.15) is 5.54 Å². The molecule has 0 aromatic carbocycles. The third-order valence-electron chi connectivity index (χ3n) is 3.47. The van der Waals surface area contributed by atoms with Crippen molar-refractivity contribution < 1.29 is 14.7 Å². The number of nitrogens with two attached hydrogens (primary N) is 1. The molecule has 1 amide bonds. The minimum Gasteiger partial charge on any atom is -0.479 e. The second-order valence-electron chi connectivity index (χ2n) is 4.69. The van der Waals surface area contributed by atoms with Crippen LogP contribution in [0.3, 0.4) is 0 Å². The molecule has 0 spiro atoms.